The van der Waals surface area contributed by atoms with E-state index in [1.807, 2.05) is 42.5 Å². The molecule has 0 spiro atoms. The molecule has 0 unspecified atom stereocenters. The average Bonchev–Trinajstić information content (AvgIpc) is 2.46. The van der Waals surface area contributed by atoms with E-state index >= 15 is 0 Å². The van der Waals surface area contributed by atoms with Crippen LogP contribution in [-0.2, 0) is 0 Å². The van der Waals surface area contributed by atoms with Gasteiger partial charge >= 0.3 is 0 Å². The van der Waals surface area contributed by atoms with Gasteiger partial charge < -0.3 is 5.73 Å². The highest BCUT2D eigenvalue weighted by Crippen LogP contribution is 2.28. The second-order valence-corrected chi connectivity index (χ2v) is 4.11. The van der Waals surface area contributed by atoms with E-state index in [4.69, 9.17) is 5.73 Å². The van der Waals surface area contributed by atoms with Crippen LogP contribution in [0.25, 0.3) is 10.8 Å². The Morgan fingerprint density at radius 1 is 0.789 bits per heavy atom. The van der Waals surface area contributed by atoms with Crippen molar-refractivity contribution < 1.29 is 0 Å². The smallest absolute Gasteiger partial charge is 0.151 e. The molecule has 0 amide bonds. The summed E-state index contributed by atoms with van der Waals surface area (Å²) in [6, 6.07) is 17.6. The minimum atomic E-state index is 0.381. The molecule has 2 N–H and O–H groups in total. The molecule has 0 aliphatic carbocycles. The lowest BCUT2D eigenvalue weighted by Crippen LogP contribution is -1.87. The Morgan fingerprint density at radius 3 is 2.42 bits per heavy atom. The van der Waals surface area contributed by atoms with Crippen molar-refractivity contribution in [3.05, 3.63) is 60.8 Å². The van der Waals surface area contributed by atoms with Gasteiger partial charge in [0.05, 0.1) is 5.69 Å². The third-order valence-corrected chi connectivity index (χ3v) is 2.85. The van der Waals surface area contributed by atoms with Crippen molar-refractivity contribution in [2.24, 2.45) is 10.2 Å². The first-order valence-corrected chi connectivity index (χ1v) is 5.94. The van der Waals surface area contributed by atoms with Gasteiger partial charge in [0.2, 0.25) is 0 Å². The van der Waals surface area contributed by atoms with Gasteiger partial charge in [0.25, 0.3) is 0 Å². The van der Waals surface area contributed by atoms with Gasteiger partial charge in [-0.1, -0.05) is 36.4 Å². The summed E-state index contributed by atoms with van der Waals surface area (Å²) < 4.78 is 0. The second kappa shape index (κ2) is 4.86. The third kappa shape index (κ3) is 2.28. The highest BCUT2D eigenvalue weighted by Gasteiger charge is 2.00. The topological polar surface area (TPSA) is 63.6 Å². The highest BCUT2D eigenvalue weighted by atomic mass is 15.1. The van der Waals surface area contributed by atoms with Crippen molar-refractivity contribution in [3.8, 4) is 0 Å². The molecule has 1 heterocycles. The van der Waals surface area contributed by atoms with Crippen LogP contribution in [0.4, 0.5) is 17.2 Å². The molecule has 3 rings (SSSR count). The van der Waals surface area contributed by atoms with Gasteiger partial charge in [0, 0.05) is 11.6 Å². The maximum atomic E-state index is 5.73. The molecular weight excluding hydrogens is 236 g/mol. The van der Waals surface area contributed by atoms with Crippen LogP contribution in [0.3, 0.4) is 0 Å². The lowest BCUT2D eigenvalue weighted by molar-refractivity contribution is 1.21. The Kier molecular flexibility index (Phi) is 2.90. The number of nitrogen functional groups attached to an aromatic ring is 1. The summed E-state index contributed by atoms with van der Waals surface area (Å²) in [6.07, 6.45) is 1.63. The summed E-state index contributed by atoms with van der Waals surface area (Å²) in [7, 11) is 0. The lowest BCUT2D eigenvalue weighted by Gasteiger charge is -2.00. The SMILES string of the molecule is Nc1ncccc1N=Nc1cccc2ccccc12. The number of anilines is 1. The summed E-state index contributed by atoms with van der Waals surface area (Å²) in [4.78, 5) is 3.98. The summed E-state index contributed by atoms with van der Waals surface area (Å²) in [5.74, 6) is 0.381. The molecule has 4 heteroatoms. The fourth-order valence-electron chi connectivity index (χ4n) is 1.90. The molecule has 3 aromatic rings. The van der Waals surface area contributed by atoms with Crippen molar-refractivity contribution in [1.82, 2.24) is 4.98 Å². The molecule has 0 aliphatic rings. The molecule has 2 aromatic carbocycles. The fraction of sp³-hybridized carbons (Fsp3) is 0. The van der Waals surface area contributed by atoms with Crippen LogP contribution < -0.4 is 5.73 Å². The van der Waals surface area contributed by atoms with Crippen molar-refractivity contribution in [2.45, 2.75) is 0 Å². The van der Waals surface area contributed by atoms with E-state index in [-0.39, 0.29) is 0 Å². The van der Waals surface area contributed by atoms with E-state index in [0.717, 1.165) is 16.5 Å². The lowest BCUT2D eigenvalue weighted by atomic mass is 10.1. The number of nitrogens with zero attached hydrogens (tertiary/aromatic N) is 3. The largest absolute Gasteiger partial charge is 0.382 e. The standard InChI is InChI=1S/C15H12N4/c16-15-14(9-4-10-17-15)19-18-13-8-3-6-11-5-1-2-7-12(11)13/h1-10H,(H2,16,17). The van der Waals surface area contributed by atoms with Gasteiger partial charge in [-0.2, -0.15) is 0 Å². The van der Waals surface area contributed by atoms with Gasteiger partial charge in [0.15, 0.2) is 5.82 Å². The zero-order valence-electron chi connectivity index (χ0n) is 10.2. The molecule has 0 atom stereocenters. The van der Waals surface area contributed by atoms with Crippen LogP contribution in [0.15, 0.2) is 71.0 Å². The maximum absolute atomic E-state index is 5.73. The highest BCUT2D eigenvalue weighted by molar-refractivity contribution is 5.92. The number of benzene rings is 2. The molecule has 4 nitrogen and oxygen atoms in total. The zero-order chi connectivity index (χ0) is 13.1. The molecule has 92 valence electrons. The van der Waals surface area contributed by atoms with Crippen LogP contribution in [0.5, 0.6) is 0 Å². The monoisotopic (exact) mass is 248 g/mol. The van der Waals surface area contributed by atoms with Crippen LogP contribution in [0, 0.1) is 0 Å². The minimum Gasteiger partial charge on any atom is -0.382 e. The number of hydrogen-bond acceptors (Lipinski definition) is 4. The average molecular weight is 248 g/mol. The second-order valence-electron chi connectivity index (χ2n) is 4.11. The van der Waals surface area contributed by atoms with Crippen molar-refractivity contribution >= 4 is 28.0 Å². The number of rotatable bonds is 2. The van der Waals surface area contributed by atoms with E-state index in [2.05, 4.69) is 15.2 Å². The first-order chi connectivity index (χ1) is 9.34. The predicted octanol–water partition coefficient (Wildman–Crippen LogP) is 4.23. The Morgan fingerprint density at radius 2 is 1.53 bits per heavy atom. The molecule has 0 aliphatic heterocycles. The van der Waals surface area contributed by atoms with E-state index < -0.39 is 0 Å². The minimum absolute atomic E-state index is 0.381. The third-order valence-electron chi connectivity index (χ3n) is 2.85. The molecule has 0 bridgehead atoms. The Hall–Kier alpha value is -2.75. The number of aromatic nitrogens is 1. The van der Waals surface area contributed by atoms with Crippen LogP contribution in [0.1, 0.15) is 0 Å². The summed E-state index contributed by atoms with van der Waals surface area (Å²) in [5, 5.41) is 10.6. The summed E-state index contributed by atoms with van der Waals surface area (Å²) >= 11 is 0. The zero-order valence-corrected chi connectivity index (χ0v) is 10.2. The molecule has 0 saturated heterocycles. The first-order valence-electron chi connectivity index (χ1n) is 5.94. The van der Waals surface area contributed by atoms with E-state index in [1.165, 1.54) is 0 Å². The Bertz CT molecular complexity index is 744. The number of hydrogen-bond donors (Lipinski definition) is 1. The number of fused-ring (bicyclic) bond motifs is 1. The number of pyridine rings is 1. The van der Waals surface area contributed by atoms with Crippen LogP contribution in [0.2, 0.25) is 0 Å². The molecule has 0 radical (unpaired) electrons. The molecule has 0 saturated carbocycles. The van der Waals surface area contributed by atoms with Gasteiger partial charge in [-0.25, -0.2) is 4.98 Å². The van der Waals surface area contributed by atoms with Crippen molar-refractivity contribution in [1.29, 1.82) is 0 Å². The van der Waals surface area contributed by atoms with Gasteiger partial charge in [-0.3, -0.25) is 0 Å². The summed E-state index contributed by atoms with van der Waals surface area (Å²) in [5.41, 5.74) is 7.13. The molecule has 1 aromatic heterocycles. The van der Waals surface area contributed by atoms with E-state index in [0.29, 0.717) is 11.5 Å². The Balaban J connectivity index is 2.04. The van der Waals surface area contributed by atoms with Crippen LogP contribution >= 0.6 is 0 Å². The fourth-order valence-corrected chi connectivity index (χ4v) is 1.90. The first kappa shape index (κ1) is 11.3. The number of nitrogens with two attached hydrogens (primary N) is 1. The Labute approximate surface area is 110 Å². The van der Waals surface area contributed by atoms with E-state index in [1.54, 1.807) is 18.3 Å². The van der Waals surface area contributed by atoms with E-state index in [9.17, 15) is 0 Å². The molecule has 0 fully saturated rings. The quantitative estimate of drug-likeness (QED) is 0.689. The normalized spacial score (nSPS) is 11.2. The van der Waals surface area contributed by atoms with Crippen molar-refractivity contribution in [3.63, 3.8) is 0 Å². The number of azo groups is 1. The van der Waals surface area contributed by atoms with Gasteiger partial charge in [-0.15, -0.1) is 10.2 Å². The van der Waals surface area contributed by atoms with Gasteiger partial charge in [-0.05, 0) is 23.6 Å². The van der Waals surface area contributed by atoms with Crippen molar-refractivity contribution in [2.75, 3.05) is 5.73 Å². The molecule has 19 heavy (non-hydrogen) atoms. The van der Waals surface area contributed by atoms with Crippen LogP contribution in [-0.4, -0.2) is 4.98 Å². The van der Waals surface area contributed by atoms with Gasteiger partial charge in [0.1, 0.15) is 5.69 Å². The maximum Gasteiger partial charge on any atom is 0.151 e. The predicted molar refractivity (Wildman–Crippen MR) is 76.8 cm³/mol. The molecular formula is C15H12N4. The summed E-state index contributed by atoms with van der Waals surface area (Å²) in [6.45, 7) is 0.